The SMILES string of the molecule is CCCN(CC1CCCNC1)CC1CCOCO1. The van der Waals surface area contributed by atoms with Gasteiger partial charge in [0, 0.05) is 13.1 Å². The largest absolute Gasteiger partial charge is 0.355 e. The van der Waals surface area contributed by atoms with E-state index in [0.717, 1.165) is 25.5 Å². The number of nitrogens with zero attached hydrogens (tertiary/aromatic N) is 1. The van der Waals surface area contributed by atoms with Gasteiger partial charge in [-0.3, -0.25) is 0 Å². The Morgan fingerprint density at radius 3 is 2.89 bits per heavy atom. The molecule has 2 unspecified atom stereocenters. The summed E-state index contributed by atoms with van der Waals surface area (Å²) in [5.41, 5.74) is 0. The number of hydrogen-bond donors (Lipinski definition) is 1. The first kappa shape index (κ1) is 14.3. The average molecular weight is 256 g/mol. The lowest BCUT2D eigenvalue weighted by Crippen LogP contribution is -2.43. The summed E-state index contributed by atoms with van der Waals surface area (Å²) in [6, 6.07) is 0. The second-order valence-electron chi connectivity index (χ2n) is 5.58. The minimum atomic E-state index is 0.377. The van der Waals surface area contributed by atoms with Crippen LogP contribution in [0.5, 0.6) is 0 Å². The van der Waals surface area contributed by atoms with Gasteiger partial charge in [-0.1, -0.05) is 6.92 Å². The lowest BCUT2D eigenvalue weighted by atomic mass is 9.98. The molecule has 18 heavy (non-hydrogen) atoms. The van der Waals surface area contributed by atoms with Crippen molar-refractivity contribution in [2.45, 2.75) is 38.7 Å². The van der Waals surface area contributed by atoms with Crippen LogP contribution in [0, 0.1) is 5.92 Å². The third-order valence-electron chi connectivity index (χ3n) is 3.89. The summed E-state index contributed by atoms with van der Waals surface area (Å²) in [7, 11) is 0. The predicted molar refractivity (Wildman–Crippen MR) is 72.6 cm³/mol. The minimum absolute atomic E-state index is 0.377. The maximum atomic E-state index is 5.66. The Hall–Kier alpha value is -0.160. The molecule has 2 aliphatic heterocycles. The number of nitrogens with one attached hydrogen (secondary N) is 1. The van der Waals surface area contributed by atoms with Gasteiger partial charge in [0.15, 0.2) is 0 Å². The summed E-state index contributed by atoms with van der Waals surface area (Å²) in [4.78, 5) is 2.59. The van der Waals surface area contributed by atoms with Crippen molar-refractivity contribution in [3.05, 3.63) is 0 Å². The van der Waals surface area contributed by atoms with Gasteiger partial charge in [-0.15, -0.1) is 0 Å². The smallest absolute Gasteiger partial charge is 0.147 e. The van der Waals surface area contributed by atoms with E-state index in [9.17, 15) is 0 Å². The van der Waals surface area contributed by atoms with Crippen LogP contribution in [-0.2, 0) is 9.47 Å². The highest BCUT2D eigenvalue weighted by Crippen LogP contribution is 2.14. The van der Waals surface area contributed by atoms with Crippen LogP contribution in [-0.4, -0.2) is 57.1 Å². The normalized spacial score (nSPS) is 29.7. The van der Waals surface area contributed by atoms with Crippen LogP contribution in [0.25, 0.3) is 0 Å². The van der Waals surface area contributed by atoms with Gasteiger partial charge in [0.05, 0.1) is 12.7 Å². The van der Waals surface area contributed by atoms with Crippen LogP contribution in [0.3, 0.4) is 0 Å². The molecule has 1 N–H and O–H groups in total. The van der Waals surface area contributed by atoms with E-state index >= 15 is 0 Å². The number of hydrogen-bond acceptors (Lipinski definition) is 4. The lowest BCUT2D eigenvalue weighted by Gasteiger charge is -2.33. The van der Waals surface area contributed by atoms with Gasteiger partial charge in [0.1, 0.15) is 6.79 Å². The Morgan fingerprint density at radius 2 is 2.22 bits per heavy atom. The van der Waals surface area contributed by atoms with Gasteiger partial charge in [-0.05, 0) is 51.2 Å². The summed E-state index contributed by atoms with van der Waals surface area (Å²) in [6.45, 7) is 9.48. The molecule has 4 heteroatoms. The van der Waals surface area contributed by atoms with Crippen molar-refractivity contribution in [1.29, 1.82) is 0 Å². The molecule has 2 fully saturated rings. The standard InChI is InChI=1S/C14H28N2O2/c1-2-7-16(10-13-4-3-6-15-9-13)11-14-5-8-17-12-18-14/h13-15H,2-12H2,1H3. The Kier molecular flexibility index (Phi) is 6.41. The van der Waals surface area contributed by atoms with Crippen LogP contribution in [0.1, 0.15) is 32.6 Å². The quantitative estimate of drug-likeness (QED) is 0.780. The van der Waals surface area contributed by atoms with Gasteiger partial charge in [-0.2, -0.15) is 0 Å². The summed E-state index contributed by atoms with van der Waals surface area (Å²) in [6.07, 6.45) is 5.36. The second-order valence-corrected chi connectivity index (χ2v) is 5.58. The monoisotopic (exact) mass is 256 g/mol. The number of piperidine rings is 1. The van der Waals surface area contributed by atoms with Crippen LogP contribution in [0.4, 0.5) is 0 Å². The lowest BCUT2D eigenvalue weighted by molar-refractivity contribution is -0.145. The number of rotatable bonds is 6. The molecule has 2 atom stereocenters. The van der Waals surface area contributed by atoms with E-state index in [2.05, 4.69) is 17.1 Å². The third-order valence-corrected chi connectivity index (χ3v) is 3.89. The molecule has 2 heterocycles. The summed E-state index contributed by atoms with van der Waals surface area (Å²) in [5.74, 6) is 0.824. The van der Waals surface area contributed by atoms with E-state index in [1.807, 2.05) is 0 Å². The van der Waals surface area contributed by atoms with E-state index in [1.165, 1.54) is 45.4 Å². The molecule has 0 aromatic carbocycles. The molecule has 2 rings (SSSR count). The topological polar surface area (TPSA) is 33.7 Å². The van der Waals surface area contributed by atoms with Crippen molar-refractivity contribution >= 4 is 0 Å². The molecular weight excluding hydrogens is 228 g/mol. The van der Waals surface area contributed by atoms with E-state index in [1.54, 1.807) is 0 Å². The first-order valence-electron chi connectivity index (χ1n) is 7.51. The van der Waals surface area contributed by atoms with Crippen LogP contribution < -0.4 is 5.32 Å². The van der Waals surface area contributed by atoms with E-state index in [4.69, 9.17) is 9.47 Å². The molecule has 0 saturated carbocycles. The molecule has 106 valence electrons. The molecule has 0 aromatic heterocycles. The summed E-state index contributed by atoms with van der Waals surface area (Å²) in [5, 5.41) is 3.51. The zero-order chi connectivity index (χ0) is 12.6. The molecule has 0 aromatic rings. The van der Waals surface area contributed by atoms with Crippen LogP contribution in [0.2, 0.25) is 0 Å². The van der Waals surface area contributed by atoms with E-state index in [0.29, 0.717) is 12.9 Å². The van der Waals surface area contributed by atoms with Gasteiger partial charge in [0.25, 0.3) is 0 Å². The fourth-order valence-corrected chi connectivity index (χ4v) is 2.95. The fraction of sp³-hybridized carbons (Fsp3) is 1.00. The highest BCUT2D eigenvalue weighted by molar-refractivity contribution is 4.75. The van der Waals surface area contributed by atoms with Crippen molar-refractivity contribution in [1.82, 2.24) is 10.2 Å². The highest BCUT2D eigenvalue weighted by Gasteiger charge is 2.21. The summed E-state index contributed by atoms with van der Waals surface area (Å²) < 4.78 is 10.9. The van der Waals surface area contributed by atoms with E-state index in [-0.39, 0.29) is 0 Å². The zero-order valence-electron chi connectivity index (χ0n) is 11.7. The molecule has 0 aliphatic carbocycles. The van der Waals surface area contributed by atoms with E-state index < -0.39 is 0 Å². The molecular formula is C14H28N2O2. The maximum absolute atomic E-state index is 5.66. The van der Waals surface area contributed by atoms with Crippen molar-refractivity contribution in [2.24, 2.45) is 5.92 Å². The minimum Gasteiger partial charge on any atom is -0.355 e. The first-order valence-corrected chi connectivity index (χ1v) is 7.51. The van der Waals surface area contributed by atoms with Crippen LogP contribution >= 0.6 is 0 Å². The Bertz CT molecular complexity index is 194. The van der Waals surface area contributed by atoms with Crippen molar-refractivity contribution in [3.8, 4) is 0 Å². The fourth-order valence-electron chi connectivity index (χ4n) is 2.95. The highest BCUT2D eigenvalue weighted by atomic mass is 16.7. The Labute approximate surface area is 111 Å². The predicted octanol–water partition coefficient (Wildman–Crippen LogP) is 1.46. The van der Waals surface area contributed by atoms with Gasteiger partial charge in [0.2, 0.25) is 0 Å². The van der Waals surface area contributed by atoms with Gasteiger partial charge < -0.3 is 19.7 Å². The zero-order valence-corrected chi connectivity index (χ0v) is 11.7. The number of ether oxygens (including phenoxy) is 2. The summed E-state index contributed by atoms with van der Waals surface area (Å²) >= 11 is 0. The van der Waals surface area contributed by atoms with Gasteiger partial charge >= 0.3 is 0 Å². The van der Waals surface area contributed by atoms with Gasteiger partial charge in [-0.25, -0.2) is 0 Å². The van der Waals surface area contributed by atoms with Crippen molar-refractivity contribution in [3.63, 3.8) is 0 Å². The Morgan fingerprint density at radius 1 is 1.28 bits per heavy atom. The maximum Gasteiger partial charge on any atom is 0.147 e. The average Bonchev–Trinajstić information content (AvgIpc) is 2.41. The van der Waals surface area contributed by atoms with Crippen LogP contribution in [0.15, 0.2) is 0 Å². The Balaban J connectivity index is 1.74. The molecule has 0 bridgehead atoms. The first-order chi connectivity index (χ1) is 8.88. The van der Waals surface area contributed by atoms with Crippen molar-refractivity contribution < 1.29 is 9.47 Å². The molecule has 4 nitrogen and oxygen atoms in total. The molecule has 0 radical (unpaired) electrons. The van der Waals surface area contributed by atoms with Crippen molar-refractivity contribution in [2.75, 3.05) is 46.1 Å². The molecule has 2 saturated heterocycles. The second kappa shape index (κ2) is 8.10. The molecule has 0 amide bonds. The third kappa shape index (κ3) is 4.84. The molecule has 2 aliphatic rings. The molecule has 0 spiro atoms.